The Balaban J connectivity index is 1.40. The maximum absolute atomic E-state index is 12.9. The van der Waals surface area contributed by atoms with Gasteiger partial charge in [-0.3, -0.25) is 9.48 Å². The van der Waals surface area contributed by atoms with E-state index in [4.69, 9.17) is 0 Å². The average molecular weight is 403 g/mol. The Bertz CT molecular complexity index is 920. The molecule has 1 saturated carbocycles. The van der Waals surface area contributed by atoms with Crippen LogP contribution in [-0.2, 0) is 21.4 Å². The average Bonchev–Trinajstić information content (AvgIpc) is 3.48. The number of hydrogen-bond acceptors (Lipinski definition) is 4. The van der Waals surface area contributed by atoms with Crippen LogP contribution in [0.25, 0.3) is 0 Å². The molecule has 1 N–H and O–H groups in total. The molecule has 2 aliphatic rings. The highest BCUT2D eigenvalue weighted by Gasteiger charge is 2.39. The fraction of sp³-hybridized carbons (Fsp3) is 0.500. The lowest BCUT2D eigenvalue weighted by Gasteiger charge is -2.23. The molecule has 7 nitrogen and oxygen atoms in total. The van der Waals surface area contributed by atoms with Crippen molar-refractivity contribution in [1.29, 1.82) is 0 Å². The zero-order chi connectivity index (χ0) is 19.6. The first-order valence-corrected chi connectivity index (χ1v) is 11.4. The summed E-state index contributed by atoms with van der Waals surface area (Å²) in [5.41, 5.74) is 0.802. The molecule has 0 bridgehead atoms. The molecule has 2 fully saturated rings. The molecular weight excluding hydrogens is 376 g/mol. The summed E-state index contributed by atoms with van der Waals surface area (Å²) in [5, 5.41) is 7.45. The molecule has 1 amide bonds. The minimum Gasteiger partial charge on any atom is -0.349 e. The number of amides is 1. The van der Waals surface area contributed by atoms with Crippen LogP contribution in [-0.4, -0.2) is 41.0 Å². The number of rotatable bonds is 6. The van der Waals surface area contributed by atoms with E-state index in [2.05, 4.69) is 10.4 Å². The van der Waals surface area contributed by atoms with Crippen molar-refractivity contribution >= 4 is 15.9 Å². The standard InChI is InChI=1S/C20H26N4O3S/c25-20(21-15-16-12-14-23(22-16)17-7-4-5-8-17)19-11-6-13-24(19)28(26,27)18-9-2-1-3-10-18/h1-3,9-10,12,14,17,19H,4-8,11,13,15H2,(H,21,25). The molecule has 1 aliphatic carbocycles. The molecule has 2 heterocycles. The van der Waals surface area contributed by atoms with Gasteiger partial charge in [-0.25, -0.2) is 8.42 Å². The Kier molecular flexibility index (Phi) is 5.50. The number of aromatic nitrogens is 2. The fourth-order valence-electron chi connectivity index (χ4n) is 4.16. The lowest BCUT2D eigenvalue weighted by molar-refractivity contribution is -0.124. The molecule has 8 heteroatoms. The molecule has 1 atom stereocenters. The first-order chi connectivity index (χ1) is 13.6. The van der Waals surface area contributed by atoms with E-state index in [1.54, 1.807) is 30.3 Å². The topological polar surface area (TPSA) is 84.3 Å². The quantitative estimate of drug-likeness (QED) is 0.804. The zero-order valence-electron chi connectivity index (χ0n) is 15.8. The largest absolute Gasteiger partial charge is 0.349 e. The highest BCUT2D eigenvalue weighted by atomic mass is 32.2. The van der Waals surface area contributed by atoms with E-state index in [1.165, 1.54) is 17.1 Å². The van der Waals surface area contributed by atoms with E-state index in [1.807, 2.05) is 16.9 Å². The van der Waals surface area contributed by atoms with Crippen LogP contribution in [0.2, 0.25) is 0 Å². The lowest BCUT2D eigenvalue weighted by atomic mass is 10.2. The Morgan fingerprint density at radius 3 is 2.57 bits per heavy atom. The minimum absolute atomic E-state index is 0.227. The molecule has 1 aromatic heterocycles. The summed E-state index contributed by atoms with van der Waals surface area (Å²) in [7, 11) is -3.67. The summed E-state index contributed by atoms with van der Waals surface area (Å²) in [6, 6.07) is 10.0. The number of nitrogens with zero attached hydrogens (tertiary/aromatic N) is 3. The number of carbonyl (C=O) groups excluding carboxylic acids is 1. The van der Waals surface area contributed by atoms with Gasteiger partial charge in [-0.15, -0.1) is 0 Å². The third-order valence-corrected chi connectivity index (χ3v) is 7.58. The van der Waals surface area contributed by atoms with Crippen molar-refractivity contribution in [2.45, 2.75) is 62.0 Å². The van der Waals surface area contributed by atoms with Crippen molar-refractivity contribution in [1.82, 2.24) is 19.4 Å². The van der Waals surface area contributed by atoms with Crippen LogP contribution in [0.5, 0.6) is 0 Å². The van der Waals surface area contributed by atoms with Crippen LogP contribution in [0.15, 0.2) is 47.5 Å². The van der Waals surface area contributed by atoms with Gasteiger partial charge in [0, 0.05) is 12.7 Å². The summed E-state index contributed by atoms with van der Waals surface area (Å²) in [4.78, 5) is 12.9. The molecule has 0 radical (unpaired) electrons. The Morgan fingerprint density at radius 2 is 1.82 bits per heavy atom. The molecule has 4 rings (SSSR count). The molecule has 1 aromatic carbocycles. The van der Waals surface area contributed by atoms with Gasteiger partial charge >= 0.3 is 0 Å². The highest BCUT2D eigenvalue weighted by molar-refractivity contribution is 7.89. The van der Waals surface area contributed by atoms with Gasteiger partial charge in [0.25, 0.3) is 0 Å². The van der Waals surface area contributed by atoms with Gasteiger partial charge < -0.3 is 5.32 Å². The molecule has 2 aromatic rings. The Hall–Kier alpha value is -2.19. The number of hydrogen-bond donors (Lipinski definition) is 1. The predicted octanol–water partition coefficient (Wildman–Crippen LogP) is 2.47. The molecule has 1 unspecified atom stereocenters. The van der Waals surface area contributed by atoms with Crippen LogP contribution in [0.4, 0.5) is 0 Å². The molecule has 150 valence electrons. The van der Waals surface area contributed by atoms with Crippen molar-refractivity contribution in [3.8, 4) is 0 Å². The number of nitrogens with one attached hydrogen (secondary N) is 1. The SMILES string of the molecule is O=C(NCc1ccn(C2CCCC2)n1)C1CCCN1S(=O)(=O)c1ccccc1. The Morgan fingerprint density at radius 1 is 1.07 bits per heavy atom. The van der Waals surface area contributed by atoms with Crippen LogP contribution < -0.4 is 5.32 Å². The monoisotopic (exact) mass is 402 g/mol. The van der Waals surface area contributed by atoms with Gasteiger partial charge in [-0.05, 0) is 43.9 Å². The van der Waals surface area contributed by atoms with Crippen LogP contribution in [0.1, 0.15) is 50.3 Å². The molecule has 28 heavy (non-hydrogen) atoms. The van der Waals surface area contributed by atoms with E-state index in [0.29, 0.717) is 32.0 Å². The van der Waals surface area contributed by atoms with Crippen molar-refractivity contribution < 1.29 is 13.2 Å². The summed E-state index contributed by atoms with van der Waals surface area (Å²) >= 11 is 0. The Labute approximate surface area is 165 Å². The summed E-state index contributed by atoms with van der Waals surface area (Å²) in [5.74, 6) is -0.257. The third kappa shape index (κ3) is 3.84. The highest BCUT2D eigenvalue weighted by Crippen LogP contribution is 2.29. The molecule has 1 aliphatic heterocycles. The van der Waals surface area contributed by atoms with E-state index >= 15 is 0 Å². The van der Waals surface area contributed by atoms with E-state index in [9.17, 15) is 13.2 Å². The van der Waals surface area contributed by atoms with E-state index in [0.717, 1.165) is 18.5 Å². The van der Waals surface area contributed by atoms with Gasteiger partial charge in [0.1, 0.15) is 6.04 Å². The van der Waals surface area contributed by atoms with E-state index in [-0.39, 0.29) is 10.8 Å². The van der Waals surface area contributed by atoms with Gasteiger partial charge in [0.2, 0.25) is 15.9 Å². The van der Waals surface area contributed by atoms with Crippen molar-refractivity contribution in [2.75, 3.05) is 6.54 Å². The second kappa shape index (κ2) is 8.05. The van der Waals surface area contributed by atoms with Crippen LogP contribution >= 0.6 is 0 Å². The second-order valence-electron chi connectivity index (χ2n) is 7.53. The van der Waals surface area contributed by atoms with Crippen LogP contribution in [0.3, 0.4) is 0 Å². The van der Waals surface area contributed by atoms with E-state index < -0.39 is 16.1 Å². The van der Waals surface area contributed by atoms with Crippen LogP contribution in [0, 0.1) is 0 Å². The first kappa shape index (κ1) is 19.1. The lowest BCUT2D eigenvalue weighted by Crippen LogP contribution is -2.45. The van der Waals surface area contributed by atoms with Crippen molar-refractivity contribution in [3.05, 3.63) is 48.3 Å². The second-order valence-corrected chi connectivity index (χ2v) is 9.42. The normalized spacial score (nSPS) is 21.2. The molecule has 0 spiro atoms. The van der Waals surface area contributed by atoms with Crippen molar-refractivity contribution in [2.24, 2.45) is 0 Å². The number of benzene rings is 1. The fourth-order valence-corrected chi connectivity index (χ4v) is 5.83. The van der Waals surface area contributed by atoms with Gasteiger partial charge in [-0.1, -0.05) is 31.0 Å². The smallest absolute Gasteiger partial charge is 0.243 e. The summed E-state index contributed by atoms with van der Waals surface area (Å²) < 4.78 is 29.1. The third-order valence-electron chi connectivity index (χ3n) is 5.66. The van der Waals surface area contributed by atoms with Gasteiger partial charge in [0.15, 0.2) is 0 Å². The summed E-state index contributed by atoms with van der Waals surface area (Å²) in [6.45, 7) is 0.680. The van der Waals surface area contributed by atoms with Crippen molar-refractivity contribution in [3.63, 3.8) is 0 Å². The zero-order valence-corrected chi connectivity index (χ0v) is 16.6. The van der Waals surface area contributed by atoms with Gasteiger partial charge in [0.05, 0.1) is 23.2 Å². The molecular formula is C20H26N4O3S. The summed E-state index contributed by atoms with van der Waals surface area (Å²) in [6.07, 6.45) is 7.98. The number of carbonyl (C=O) groups is 1. The predicted molar refractivity (Wildman–Crippen MR) is 105 cm³/mol. The minimum atomic E-state index is -3.67. The maximum Gasteiger partial charge on any atom is 0.243 e. The first-order valence-electron chi connectivity index (χ1n) is 9.94. The number of sulfonamides is 1. The maximum atomic E-state index is 12.9. The molecule has 1 saturated heterocycles. The van der Waals surface area contributed by atoms with Gasteiger partial charge in [-0.2, -0.15) is 9.40 Å².